The maximum atomic E-state index is 12.8. The summed E-state index contributed by atoms with van der Waals surface area (Å²) in [6, 6.07) is 8.61. The van der Waals surface area contributed by atoms with Crippen molar-refractivity contribution in [3.05, 3.63) is 41.0 Å². The minimum Gasteiger partial charge on any atom is -0.294 e. The monoisotopic (exact) mass is 268 g/mol. The Morgan fingerprint density at radius 2 is 1.85 bits per heavy atom. The Balaban J connectivity index is 1.99. The number of hydrogen-bond donors (Lipinski definition) is 0. The maximum Gasteiger partial charge on any atom is 0.165 e. The first-order valence-electron chi connectivity index (χ1n) is 7.75. The molecule has 2 atom stereocenters. The summed E-state index contributed by atoms with van der Waals surface area (Å²) < 4.78 is 0. The molecule has 1 aromatic carbocycles. The molecule has 1 aromatic rings. The summed E-state index contributed by atoms with van der Waals surface area (Å²) in [6.07, 6.45) is 5.41. The van der Waals surface area contributed by atoms with Gasteiger partial charge in [-0.05, 0) is 53.4 Å². The molecular weight excluding hydrogens is 244 g/mol. The van der Waals surface area contributed by atoms with Crippen LogP contribution in [-0.4, -0.2) is 5.78 Å². The molecule has 1 heteroatoms. The Labute approximate surface area is 122 Å². The Morgan fingerprint density at radius 1 is 1.20 bits per heavy atom. The summed E-state index contributed by atoms with van der Waals surface area (Å²) in [5, 5.41) is 0. The summed E-state index contributed by atoms with van der Waals surface area (Å²) >= 11 is 0. The van der Waals surface area contributed by atoms with Crippen molar-refractivity contribution >= 4 is 11.9 Å². The highest BCUT2D eigenvalue weighted by Gasteiger charge is 2.63. The number of hydrogen-bond acceptors (Lipinski definition) is 1. The number of aryl methyl sites for hydroxylation is 1. The van der Waals surface area contributed by atoms with Crippen molar-refractivity contribution in [2.75, 3.05) is 0 Å². The molecule has 2 aliphatic rings. The predicted octanol–water partition coefficient (Wildman–Crippen LogP) is 4.66. The average Bonchev–Trinajstić information content (AvgIpc) is 2.74. The van der Waals surface area contributed by atoms with Crippen LogP contribution in [0.3, 0.4) is 0 Å². The number of carbonyl (C=O) groups is 1. The lowest BCUT2D eigenvalue weighted by atomic mass is 9.70. The van der Waals surface area contributed by atoms with Crippen LogP contribution in [0.4, 0.5) is 0 Å². The second-order valence-electron chi connectivity index (χ2n) is 7.17. The third-order valence-electron chi connectivity index (χ3n) is 6.08. The molecule has 0 heterocycles. The normalized spacial score (nSPS) is 33.1. The van der Waals surface area contributed by atoms with E-state index in [2.05, 4.69) is 58.0 Å². The van der Waals surface area contributed by atoms with E-state index >= 15 is 0 Å². The van der Waals surface area contributed by atoms with E-state index in [-0.39, 0.29) is 10.8 Å². The molecule has 0 amide bonds. The van der Waals surface area contributed by atoms with Crippen molar-refractivity contribution < 1.29 is 4.79 Å². The number of Topliss-reactive ketones (excluding diaryl/α,β-unsaturated/α-hetero) is 1. The van der Waals surface area contributed by atoms with E-state index in [0.29, 0.717) is 11.7 Å². The molecule has 0 spiro atoms. The van der Waals surface area contributed by atoms with Gasteiger partial charge in [-0.2, -0.15) is 0 Å². The lowest BCUT2D eigenvalue weighted by Gasteiger charge is -2.31. The van der Waals surface area contributed by atoms with E-state index in [1.54, 1.807) is 0 Å². The number of benzene rings is 1. The number of carbonyl (C=O) groups excluding carboxylic acids is 1. The van der Waals surface area contributed by atoms with E-state index in [1.807, 2.05) is 0 Å². The lowest BCUT2D eigenvalue weighted by molar-refractivity contribution is -0.125. The SMILES string of the molecule is CCc1ccc(/C=C2\C(=O)C3(C)CCC2C3(C)C)cc1. The largest absolute Gasteiger partial charge is 0.294 e. The van der Waals surface area contributed by atoms with Gasteiger partial charge in [-0.1, -0.05) is 52.0 Å². The Kier molecular flexibility index (Phi) is 2.93. The minimum absolute atomic E-state index is 0.110. The molecule has 2 saturated carbocycles. The fourth-order valence-electron chi connectivity index (χ4n) is 4.12. The molecule has 2 bridgehead atoms. The minimum atomic E-state index is -0.146. The smallest absolute Gasteiger partial charge is 0.165 e. The third-order valence-corrected chi connectivity index (χ3v) is 6.08. The van der Waals surface area contributed by atoms with E-state index in [4.69, 9.17) is 0 Å². The summed E-state index contributed by atoms with van der Waals surface area (Å²) in [6.45, 7) is 8.86. The van der Waals surface area contributed by atoms with Gasteiger partial charge < -0.3 is 0 Å². The van der Waals surface area contributed by atoms with Crippen LogP contribution >= 0.6 is 0 Å². The van der Waals surface area contributed by atoms with Crippen LogP contribution in [0.2, 0.25) is 0 Å². The molecule has 20 heavy (non-hydrogen) atoms. The van der Waals surface area contributed by atoms with Crippen LogP contribution in [-0.2, 0) is 11.2 Å². The van der Waals surface area contributed by atoms with Crippen LogP contribution in [0.25, 0.3) is 6.08 Å². The molecule has 106 valence electrons. The quantitative estimate of drug-likeness (QED) is 0.713. The third kappa shape index (κ3) is 1.65. The van der Waals surface area contributed by atoms with Crippen LogP contribution < -0.4 is 0 Å². The first kappa shape index (κ1) is 13.6. The van der Waals surface area contributed by atoms with Crippen LogP contribution in [0.15, 0.2) is 29.8 Å². The summed E-state index contributed by atoms with van der Waals surface area (Å²) in [7, 11) is 0. The number of allylic oxidation sites excluding steroid dienone is 1. The molecule has 1 nitrogen and oxygen atoms in total. The van der Waals surface area contributed by atoms with Gasteiger partial charge in [0, 0.05) is 5.41 Å². The van der Waals surface area contributed by atoms with Crippen molar-refractivity contribution in [1.82, 2.24) is 0 Å². The van der Waals surface area contributed by atoms with Gasteiger partial charge in [0.05, 0.1) is 0 Å². The standard InChI is InChI=1S/C19H24O/c1-5-13-6-8-14(9-7-13)12-15-16-10-11-19(4,17(15)20)18(16,2)3/h6-9,12,16H,5,10-11H2,1-4H3/b15-12-. The molecular formula is C19H24O. The topological polar surface area (TPSA) is 17.1 Å². The van der Waals surface area contributed by atoms with Gasteiger partial charge in [0.15, 0.2) is 5.78 Å². The highest BCUT2D eigenvalue weighted by atomic mass is 16.1. The average molecular weight is 268 g/mol. The molecule has 0 N–H and O–H groups in total. The molecule has 2 aliphatic carbocycles. The van der Waals surface area contributed by atoms with E-state index in [0.717, 1.165) is 30.4 Å². The van der Waals surface area contributed by atoms with E-state index < -0.39 is 0 Å². The lowest BCUT2D eigenvalue weighted by Crippen LogP contribution is -2.32. The zero-order valence-electron chi connectivity index (χ0n) is 13.0. The van der Waals surface area contributed by atoms with Crippen molar-refractivity contribution in [2.45, 2.75) is 47.0 Å². The second kappa shape index (κ2) is 4.31. The first-order chi connectivity index (χ1) is 9.40. The van der Waals surface area contributed by atoms with Gasteiger partial charge in [-0.15, -0.1) is 0 Å². The summed E-state index contributed by atoms with van der Waals surface area (Å²) in [5.41, 5.74) is 3.54. The van der Waals surface area contributed by atoms with Gasteiger partial charge in [0.1, 0.15) is 0 Å². The molecule has 0 aromatic heterocycles. The number of ketones is 1. The van der Waals surface area contributed by atoms with Crippen LogP contribution in [0.5, 0.6) is 0 Å². The van der Waals surface area contributed by atoms with Gasteiger partial charge >= 0.3 is 0 Å². The number of fused-ring (bicyclic) bond motifs is 2. The summed E-state index contributed by atoms with van der Waals surface area (Å²) in [5.74, 6) is 0.823. The molecule has 0 radical (unpaired) electrons. The molecule has 0 saturated heterocycles. The zero-order chi connectivity index (χ0) is 14.5. The molecule has 0 aliphatic heterocycles. The fourth-order valence-corrected chi connectivity index (χ4v) is 4.12. The van der Waals surface area contributed by atoms with Crippen molar-refractivity contribution in [3.63, 3.8) is 0 Å². The van der Waals surface area contributed by atoms with Crippen molar-refractivity contribution in [2.24, 2.45) is 16.7 Å². The van der Waals surface area contributed by atoms with Gasteiger partial charge in [-0.3, -0.25) is 4.79 Å². The molecule has 2 unspecified atom stereocenters. The highest BCUT2D eigenvalue weighted by Crippen LogP contribution is 2.65. The Morgan fingerprint density at radius 3 is 2.35 bits per heavy atom. The number of rotatable bonds is 2. The van der Waals surface area contributed by atoms with E-state index in [9.17, 15) is 4.79 Å². The van der Waals surface area contributed by atoms with Crippen LogP contribution in [0.1, 0.15) is 51.7 Å². The zero-order valence-corrected chi connectivity index (χ0v) is 13.0. The fraction of sp³-hybridized carbons (Fsp3) is 0.526. The highest BCUT2D eigenvalue weighted by molar-refractivity contribution is 6.07. The molecule has 3 rings (SSSR count). The van der Waals surface area contributed by atoms with E-state index in [1.165, 1.54) is 5.56 Å². The first-order valence-corrected chi connectivity index (χ1v) is 7.75. The summed E-state index contributed by atoms with van der Waals surface area (Å²) in [4.78, 5) is 12.8. The van der Waals surface area contributed by atoms with Crippen molar-refractivity contribution in [1.29, 1.82) is 0 Å². The van der Waals surface area contributed by atoms with Gasteiger partial charge in [-0.25, -0.2) is 0 Å². The Bertz CT molecular complexity index is 576. The van der Waals surface area contributed by atoms with Gasteiger partial charge in [0.25, 0.3) is 0 Å². The van der Waals surface area contributed by atoms with Crippen LogP contribution in [0, 0.1) is 16.7 Å². The second-order valence-corrected chi connectivity index (χ2v) is 7.17. The maximum absolute atomic E-state index is 12.8. The molecule has 2 fully saturated rings. The van der Waals surface area contributed by atoms with Crippen molar-refractivity contribution in [3.8, 4) is 0 Å². The Hall–Kier alpha value is -1.37. The predicted molar refractivity (Wildman–Crippen MR) is 83.4 cm³/mol. The van der Waals surface area contributed by atoms with Gasteiger partial charge in [0.2, 0.25) is 0 Å².